The topological polar surface area (TPSA) is 38.0 Å². The minimum atomic E-state index is -0.716. The molecule has 4 heteroatoms. The van der Waals surface area contributed by atoms with E-state index in [1.165, 1.54) is 6.07 Å². The molecule has 0 aliphatic rings. The molecule has 0 amide bonds. The lowest BCUT2D eigenvalue weighted by molar-refractivity contribution is 0.520. The fourth-order valence-electron chi connectivity index (χ4n) is 1.87. The van der Waals surface area contributed by atoms with Gasteiger partial charge in [-0.25, -0.2) is 8.78 Å². The van der Waals surface area contributed by atoms with E-state index in [0.29, 0.717) is 11.6 Å². The summed E-state index contributed by atoms with van der Waals surface area (Å²) in [5.74, 6) is -0.653. The Morgan fingerprint density at radius 3 is 2.44 bits per heavy atom. The monoisotopic (exact) mass is 256 g/mol. The molecule has 0 aliphatic heterocycles. The van der Waals surface area contributed by atoms with Gasteiger partial charge >= 0.3 is 0 Å². The Bertz CT molecular complexity index is 392. The standard InChI is InChI=1S/C14H22F2N2/c1-9(2)5-4-6-10(3)18-13-8-11(15)7-12(16)14(13)17/h7-10,18H,4-6,17H2,1-3H3. The van der Waals surface area contributed by atoms with E-state index in [0.717, 1.165) is 25.3 Å². The van der Waals surface area contributed by atoms with Crippen molar-refractivity contribution in [3.8, 4) is 0 Å². The van der Waals surface area contributed by atoms with Gasteiger partial charge in [0.05, 0.1) is 11.4 Å². The summed E-state index contributed by atoms with van der Waals surface area (Å²) in [4.78, 5) is 0. The average molecular weight is 256 g/mol. The van der Waals surface area contributed by atoms with Crippen LogP contribution in [0.5, 0.6) is 0 Å². The molecule has 1 rings (SSSR count). The Labute approximate surface area is 108 Å². The molecule has 1 atom stereocenters. The third kappa shape index (κ3) is 4.51. The summed E-state index contributed by atoms with van der Waals surface area (Å²) in [6, 6.07) is 2.17. The first kappa shape index (κ1) is 14.7. The SMILES string of the molecule is CC(C)CCCC(C)Nc1cc(F)cc(F)c1N. The zero-order chi connectivity index (χ0) is 13.7. The molecule has 1 aromatic carbocycles. The molecular formula is C14H22F2N2. The van der Waals surface area contributed by atoms with E-state index >= 15 is 0 Å². The Kier molecular flexibility index (Phi) is 5.38. The van der Waals surface area contributed by atoms with Crippen molar-refractivity contribution in [2.75, 3.05) is 11.1 Å². The van der Waals surface area contributed by atoms with E-state index in [2.05, 4.69) is 19.2 Å². The van der Waals surface area contributed by atoms with Gasteiger partial charge in [-0.15, -0.1) is 0 Å². The minimum Gasteiger partial charge on any atom is -0.395 e. The van der Waals surface area contributed by atoms with Crippen molar-refractivity contribution in [1.29, 1.82) is 0 Å². The van der Waals surface area contributed by atoms with E-state index in [4.69, 9.17) is 5.73 Å². The van der Waals surface area contributed by atoms with E-state index in [-0.39, 0.29) is 11.7 Å². The number of rotatable bonds is 6. The van der Waals surface area contributed by atoms with Crippen LogP contribution in [0.4, 0.5) is 20.2 Å². The van der Waals surface area contributed by atoms with Crippen LogP contribution >= 0.6 is 0 Å². The number of nitrogens with one attached hydrogen (secondary N) is 1. The molecule has 0 spiro atoms. The number of anilines is 2. The van der Waals surface area contributed by atoms with Crippen LogP contribution in [0.25, 0.3) is 0 Å². The van der Waals surface area contributed by atoms with Gasteiger partial charge < -0.3 is 11.1 Å². The van der Waals surface area contributed by atoms with Crippen LogP contribution in [0.2, 0.25) is 0 Å². The van der Waals surface area contributed by atoms with Crippen LogP contribution in [0.3, 0.4) is 0 Å². The quantitative estimate of drug-likeness (QED) is 0.749. The number of hydrogen-bond acceptors (Lipinski definition) is 2. The van der Waals surface area contributed by atoms with E-state index < -0.39 is 11.6 Å². The van der Waals surface area contributed by atoms with Crippen molar-refractivity contribution >= 4 is 11.4 Å². The summed E-state index contributed by atoms with van der Waals surface area (Å²) < 4.78 is 26.3. The first-order chi connectivity index (χ1) is 8.40. The molecule has 0 heterocycles. The molecule has 2 nitrogen and oxygen atoms in total. The Morgan fingerprint density at radius 1 is 1.17 bits per heavy atom. The predicted molar refractivity (Wildman–Crippen MR) is 72.5 cm³/mol. The molecule has 0 radical (unpaired) electrons. The molecule has 1 unspecified atom stereocenters. The van der Waals surface area contributed by atoms with Crippen molar-refractivity contribution in [1.82, 2.24) is 0 Å². The first-order valence-corrected chi connectivity index (χ1v) is 6.41. The lowest BCUT2D eigenvalue weighted by atomic mass is 10.0. The zero-order valence-corrected chi connectivity index (χ0v) is 11.3. The van der Waals surface area contributed by atoms with Gasteiger partial charge in [0.1, 0.15) is 5.82 Å². The first-order valence-electron chi connectivity index (χ1n) is 6.41. The van der Waals surface area contributed by atoms with Crippen molar-refractivity contribution in [2.45, 2.75) is 46.1 Å². The second-order valence-corrected chi connectivity index (χ2v) is 5.22. The van der Waals surface area contributed by atoms with Crippen molar-refractivity contribution in [3.63, 3.8) is 0 Å². The summed E-state index contributed by atoms with van der Waals surface area (Å²) in [7, 11) is 0. The van der Waals surface area contributed by atoms with Crippen LogP contribution < -0.4 is 11.1 Å². The maximum absolute atomic E-state index is 13.2. The number of benzene rings is 1. The summed E-state index contributed by atoms with van der Waals surface area (Å²) in [6.45, 7) is 6.35. The molecule has 3 N–H and O–H groups in total. The minimum absolute atomic E-state index is 0.0212. The predicted octanol–water partition coefficient (Wildman–Crippen LogP) is 4.17. The second kappa shape index (κ2) is 6.57. The van der Waals surface area contributed by atoms with E-state index in [1.807, 2.05) is 6.92 Å². The maximum Gasteiger partial charge on any atom is 0.151 e. The summed E-state index contributed by atoms with van der Waals surface area (Å²) in [5.41, 5.74) is 5.89. The van der Waals surface area contributed by atoms with Crippen LogP contribution in [0, 0.1) is 17.6 Å². The zero-order valence-electron chi connectivity index (χ0n) is 11.3. The third-order valence-electron chi connectivity index (χ3n) is 2.91. The van der Waals surface area contributed by atoms with E-state index in [9.17, 15) is 8.78 Å². The number of hydrogen-bond donors (Lipinski definition) is 2. The van der Waals surface area contributed by atoms with Crippen LogP contribution in [-0.4, -0.2) is 6.04 Å². The molecule has 0 fully saturated rings. The fourth-order valence-corrected chi connectivity index (χ4v) is 1.87. The second-order valence-electron chi connectivity index (χ2n) is 5.22. The molecular weight excluding hydrogens is 234 g/mol. The van der Waals surface area contributed by atoms with Crippen molar-refractivity contribution in [3.05, 3.63) is 23.8 Å². The van der Waals surface area contributed by atoms with Gasteiger partial charge in [-0.1, -0.05) is 26.7 Å². The highest BCUT2D eigenvalue weighted by Gasteiger charge is 2.10. The number of halogens is 2. The average Bonchev–Trinajstić information content (AvgIpc) is 2.24. The molecule has 0 saturated carbocycles. The van der Waals surface area contributed by atoms with Gasteiger partial charge in [-0.05, 0) is 25.3 Å². The summed E-state index contributed by atoms with van der Waals surface area (Å²) in [5, 5.41) is 3.06. The lowest BCUT2D eigenvalue weighted by Gasteiger charge is -2.17. The van der Waals surface area contributed by atoms with Crippen LogP contribution in [-0.2, 0) is 0 Å². The molecule has 18 heavy (non-hydrogen) atoms. The van der Waals surface area contributed by atoms with Gasteiger partial charge in [0.2, 0.25) is 0 Å². The molecule has 0 aromatic heterocycles. The number of nitrogens with two attached hydrogens (primary N) is 1. The highest BCUT2D eigenvalue weighted by molar-refractivity contribution is 5.67. The van der Waals surface area contributed by atoms with Gasteiger partial charge in [-0.2, -0.15) is 0 Å². The number of nitrogen functional groups attached to an aromatic ring is 1. The van der Waals surface area contributed by atoms with Crippen LogP contribution in [0.1, 0.15) is 40.0 Å². The fraction of sp³-hybridized carbons (Fsp3) is 0.571. The highest BCUT2D eigenvalue weighted by atomic mass is 19.1. The largest absolute Gasteiger partial charge is 0.395 e. The Balaban J connectivity index is 2.56. The van der Waals surface area contributed by atoms with Crippen molar-refractivity contribution in [2.24, 2.45) is 5.92 Å². The molecule has 1 aromatic rings. The molecule has 102 valence electrons. The normalized spacial score (nSPS) is 12.8. The van der Waals surface area contributed by atoms with Gasteiger partial charge in [0, 0.05) is 12.1 Å². The molecule has 0 aliphatic carbocycles. The third-order valence-corrected chi connectivity index (χ3v) is 2.91. The van der Waals surface area contributed by atoms with Gasteiger partial charge in [0.15, 0.2) is 5.82 Å². The molecule has 0 saturated heterocycles. The summed E-state index contributed by atoms with van der Waals surface area (Å²) >= 11 is 0. The van der Waals surface area contributed by atoms with Crippen molar-refractivity contribution < 1.29 is 8.78 Å². The Morgan fingerprint density at radius 2 is 1.83 bits per heavy atom. The summed E-state index contributed by atoms with van der Waals surface area (Å²) in [6.07, 6.45) is 3.19. The maximum atomic E-state index is 13.2. The van der Waals surface area contributed by atoms with E-state index in [1.54, 1.807) is 0 Å². The van der Waals surface area contributed by atoms with Crippen LogP contribution in [0.15, 0.2) is 12.1 Å². The molecule has 0 bridgehead atoms. The lowest BCUT2D eigenvalue weighted by Crippen LogP contribution is -2.17. The Hall–Kier alpha value is -1.32. The smallest absolute Gasteiger partial charge is 0.151 e. The van der Waals surface area contributed by atoms with Gasteiger partial charge in [0.25, 0.3) is 0 Å². The highest BCUT2D eigenvalue weighted by Crippen LogP contribution is 2.24. The van der Waals surface area contributed by atoms with Gasteiger partial charge in [-0.3, -0.25) is 0 Å².